The van der Waals surface area contributed by atoms with Crippen molar-refractivity contribution in [2.24, 2.45) is 5.73 Å². The summed E-state index contributed by atoms with van der Waals surface area (Å²) in [5, 5.41) is 11.7. The van der Waals surface area contributed by atoms with Crippen molar-refractivity contribution in [2.45, 2.75) is 57.0 Å². The summed E-state index contributed by atoms with van der Waals surface area (Å²) in [4.78, 5) is 12.0. The second kappa shape index (κ2) is 8.97. The van der Waals surface area contributed by atoms with Crippen molar-refractivity contribution in [2.75, 3.05) is 13.1 Å². The van der Waals surface area contributed by atoms with E-state index in [-0.39, 0.29) is 11.2 Å². The summed E-state index contributed by atoms with van der Waals surface area (Å²) in [5.41, 5.74) is 5.58. The molecule has 0 radical (unpaired) electrons. The third kappa shape index (κ3) is 5.13. The summed E-state index contributed by atoms with van der Waals surface area (Å²) >= 11 is 1.42. The van der Waals surface area contributed by atoms with Crippen LogP contribution in [0.4, 0.5) is 0 Å². The van der Waals surface area contributed by atoms with Crippen molar-refractivity contribution in [3.8, 4) is 0 Å². The maximum Gasteiger partial charge on any atom is 0.233 e. The molecule has 6 nitrogen and oxygen atoms in total. The average molecular weight is 299 g/mol. The van der Waals surface area contributed by atoms with Gasteiger partial charge in [-0.05, 0) is 20.3 Å². The highest BCUT2D eigenvalue weighted by Crippen LogP contribution is 2.22. The fourth-order valence-electron chi connectivity index (χ4n) is 1.78. The Balaban J connectivity index is 2.48. The molecule has 20 heavy (non-hydrogen) atoms. The van der Waals surface area contributed by atoms with Gasteiger partial charge in [-0.1, -0.05) is 31.5 Å². The molecule has 7 heteroatoms. The van der Waals surface area contributed by atoms with Crippen molar-refractivity contribution < 1.29 is 4.79 Å². The SMILES string of the molecule is CCCCCNC(=O)C(C)Sc1nnc(C)n1CCN. The highest BCUT2D eigenvalue weighted by Gasteiger charge is 2.18. The van der Waals surface area contributed by atoms with E-state index in [2.05, 4.69) is 22.4 Å². The molecule has 0 saturated heterocycles. The van der Waals surface area contributed by atoms with Crippen molar-refractivity contribution in [1.29, 1.82) is 0 Å². The van der Waals surface area contributed by atoms with E-state index in [1.54, 1.807) is 0 Å². The minimum Gasteiger partial charge on any atom is -0.355 e. The Bertz CT molecular complexity index is 421. The number of aryl methyl sites for hydroxylation is 1. The number of aromatic nitrogens is 3. The first kappa shape index (κ1) is 17.0. The summed E-state index contributed by atoms with van der Waals surface area (Å²) in [6.07, 6.45) is 3.33. The van der Waals surface area contributed by atoms with Gasteiger partial charge in [-0.2, -0.15) is 0 Å². The molecule has 1 atom stereocenters. The van der Waals surface area contributed by atoms with Crippen LogP contribution in [0.3, 0.4) is 0 Å². The molecular weight excluding hydrogens is 274 g/mol. The van der Waals surface area contributed by atoms with E-state index in [1.165, 1.54) is 11.8 Å². The largest absolute Gasteiger partial charge is 0.355 e. The van der Waals surface area contributed by atoms with E-state index >= 15 is 0 Å². The van der Waals surface area contributed by atoms with Crippen LogP contribution in [0.1, 0.15) is 38.9 Å². The first-order valence-electron chi connectivity index (χ1n) is 7.14. The Morgan fingerprint density at radius 1 is 1.45 bits per heavy atom. The lowest BCUT2D eigenvalue weighted by atomic mass is 10.2. The number of rotatable bonds is 9. The number of carbonyl (C=O) groups is 1. The standard InChI is InChI=1S/C13H25N5OS/c1-4-5-6-8-15-12(19)10(2)20-13-17-16-11(3)18(13)9-7-14/h10H,4-9,14H2,1-3H3,(H,15,19). The highest BCUT2D eigenvalue weighted by molar-refractivity contribution is 8.00. The maximum atomic E-state index is 12.0. The smallest absolute Gasteiger partial charge is 0.233 e. The Labute approximate surface area is 124 Å². The molecule has 0 aliphatic heterocycles. The second-order valence-corrected chi connectivity index (χ2v) is 6.04. The molecule has 1 rings (SSSR count). The molecule has 1 aromatic heterocycles. The van der Waals surface area contributed by atoms with Crippen LogP contribution in [-0.2, 0) is 11.3 Å². The van der Waals surface area contributed by atoms with Gasteiger partial charge < -0.3 is 15.6 Å². The Kier molecular flexibility index (Phi) is 7.61. The quantitative estimate of drug-likeness (QED) is 0.531. The Morgan fingerprint density at radius 3 is 2.85 bits per heavy atom. The molecule has 0 spiro atoms. The van der Waals surface area contributed by atoms with Gasteiger partial charge >= 0.3 is 0 Å². The number of amides is 1. The summed E-state index contributed by atoms with van der Waals surface area (Å²) in [5.74, 6) is 0.875. The zero-order valence-electron chi connectivity index (χ0n) is 12.6. The Morgan fingerprint density at radius 2 is 2.20 bits per heavy atom. The molecule has 1 aromatic rings. The van der Waals surface area contributed by atoms with E-state index in [9.17, 15) is 4.79 Å². The Hall–Kier alpha value is -1.08. The molecule has 0 fully saturated rings. The van der Waals surface area contributed by atoms with Gasteiger partial charge in [-0.3, -0.25) is 4.79 Å². The fourth-order valence-corrected chi connectivity index (χ4v) is 2.72. The molecule has 1 heterocycles. The van der Waals surface area contributed by atoms with Crippen molar-refractivity contribution in [3.05, 3.63) is 5.82 Å². The van der Waals surface area contributed by atoms with E-state index in [0.29, 0.717) is 13.1 Å². The lowest BCUT2D eigenvalue weighted by Crippen LogP contribution is -2.31. The molecule has 1 amide bonds. The first-order chi connectivity index (χ1) is 9.60. The minimum absolute atomic E-state index is 0.0473. The minimum atomic E-state index is -0.184. The summed E-state index contributed by atoms with van der Waals surface area (Å²) in [6, 6.07) is 0. The van der Waals surface area contributed by atoms with Gasteiger partial charge in [0.1, 0.15) is 5.82 Å². The van der Waals surface area contributed by atoms with Crippen LogP contribution in [0.2, 0.25) is 0 Å². The van der Waals surface area contributed by atoms with Gasteiger partial charge in [0.25, 0.3) is 0 Å². The zero-order chi connectivity index (χ0) is 15.0. The topological polar surface area (TPSA) is 85.8 Å². The summed E-state index contributed by atoms with van der Waals surface area (Å²) in [6.45, 7) is 7.87. The van der Waals surface area contributed by atoms with Crippen LogP contribution in [0.5, 0.6) is 0 Å². The van der Waals surface area contributed by atoms with E-state index in [4.69, 9.17) is 5.73 Å². The van der Waals surface area contributed by atoms with Gasteiger partial charge in [0.05, 0.1) is 5.25 Å². The fraction of sp³-hybridized carbons (Fsp3) is 0.769. The molecule has 0 aromatic carbocycles. The average Bonchev–Trinajstić information content (AvgIpc) is 2.76. The molecule has 114 valence electrons. The number of nitrogens with one attached hydrogen (secondary N) is 1. The second-order valence-electron chi connectivity index (χ2n) is 4.73. The zero-order valence-corrected chi connectivity index (χ0v) is 13.4. The summed E-state index contributed by atoms with van der Waals surface area (Å²) < 4.78 is 1.95. The number of nitrogens with two attached hydrogens (primary N) is 1. The van der Waals surface area contributed by atoms with Crippen LogP contribution in [0, 0.1) is 6.92 Å². The first-order valence-corrected chi connectivity index (χ1v) is 8.02. The van der Waals surface area contributed by atoms with Gasteiger partial charge in [0, 0.05) is 19.6 Å². The maximum absolute atomic E-state index is 12.0. The molecule has 0 aliphatic carbocycles. The van der Waals surface area contributed by atoms with Gasteiger partial charge in [0.15, 0.2) is 5.16 Å². The lowest BCUT2D eigenvalue weighted by molar-refractivity contribution is -0.120. The highest BCUT2D eigenvalue weighted by atomic mass is 32.2. The molecular formula is C13H25N5OS. The number of carbonyl (C=O) groups excluding carboxylic acids is 1. The molecule has 0 bridgehead atoms. The predicted molar refractivity (Wildman–Crippen MR) is 81.7 cm³/mol. The van der Waals surface area contributed by atoms with Crippen molar-refractivity contribution in [3.63, 3.8) is 0 Å². The van der Waals surface area contributed by atoms with Crippen LogP contribution in [0.15, 0.2) is 5.16 Å². The van der Waals surface area contributed by atoms with E-state index < -0.39 is 0 Å². The lowest BCUT2D eigenvalue weighted by Gasteiger charge is -2.12. The van der Waals surface area contributed by atoms with Crippen LogP contribution in [-0.4, -0.2) is 39.0 Å². The predicted octanol–water partition coefficient (Wildman–Crippen LogP) is 1.33. The third-order valence-corrected chi connectivity index (χ3v) is 4.07. The van der Waals surface area contributed by atoms with Crippen LogP contribution >= 0.6 is 11.8 Å². The van der Waals surface area contributed by atoms with Crippen molar-refractivity contribution in [1.82, 2.24) is 20.1 Å². The van der Waals surface area contributed by atoms with Crippen LogP contribution in [0.25, 0.3) is 0 Å². The van der Waals surface area contributed by atoms with Gasteiger partial charge in [-0.15, -0.1) is 10.2 Å². The molecule has 0 aliphatic rings. The number of thioether (sulfide) groups is 1. The van der Waals surface area contributed by atoms with Crippen molar-refractivity contribution >= 4 is 17.7 Å². The molecule has 3 N–H and O–H groups in total. The number of unbranched alkanes of at least 4 members (excludes halogenated alkanes) is 2. The van der Waals surface area contributed by atoms with Crippen LogP contribution < -0.4 is 11.1 Å². The third-order valence-electron chi connectivity index (χ3n) is 2.99. The van der Waals surface area contributed by atoms with E-state index in [1.807, 2.05) is 18.4 Å². The number of hydrogen-bond acceptors (Lipinski definition) is 5. The molecule has 0 saturated carbocycles. The van der Waals surface area contributed by atoms with Gasteiger partial charge in [0.2, 0.25) is 5.91 Å². The van der Waals surface area contributed by atoms with E-state index in [0.717, 1.165) is 36.8 Å². The number of hydrogen-bond donors (Lipinski definition) is 2. The number of nitrogens with zero attached hydrogens (tertiary/aromatic N) is 3. The monoisotopic (exact) mass is 299 g/mol. The summed E-state index contributed by atoms with van der Waals surface area (Å²) in [7, 11) is 0. The normalized spacial score (nSPS) is 12.4. The molecule has 1 unspecified atom stereocenters. The van der Waals surface area contributed by atoms with Gasteiger partial charge in [-0.25, -0.2) is 0 Å².